The second-order valence-electron chi connectivity index (χ2n) is 5.74. The fourth-order valence-electron chi connectivity index (χ4n) is 2.98. The van der Waals surface area contributed by atoms with Crippen LogP contribution in [0.15, 0.2) is 61.2 Å². The van der Waals surface area contributed by atoms with E-state index < -0.39 is 5.92 Å². The van der Waals surface area contributed by atoms with Crippen LogP contribution in [0.1, 0.15) is 17.9 Å². The third-order valence-electron chi connectivity index (χ3n) is 4.14. The van der Waals surface area contributed by atoms with Gasteiger partial charge in [-0.3, -0.25) is 9.59 Å². The Morgan fingerprint density at radius 2 is 1.96 bits per heavy atom. The smallest absolute Gasteiger partial charge is 0.232 e. The lowest BCUT2D eigenvalue weighted by molar-refractivity contribution is -0.123. The summed E-state index contributed by atoms with van der Waals surface area (Å²) >= 11 is 0. The Morgan fingerprint density at radius 1 is 1.16 bits per heavy atom. The van der Waals surface area contributed by atoms with Gasteiger partial charge in [0.25, 0.3) is 0 Å². The van der Waals surface area contributed by atoms with E-state index in [0.717, 1.165) is 5.56 Å². The van der Waals surface area contributed by atoms with Gasteiger partial charge < -0.3 is 10.6 Å². The van der Waals surface area contributed by atoms with Crippen molar-refractivity contribution in [3.8, 4) is 5.69 Å². The van der Waals surface area contributed by atoms with E-state index in [2.05, 4.69) is 20.7 Å². The van der Waals surface area contributed by atoms with E-state index in [1.165, 1.54) is 6.33 Å². The summed E-state index contributed by atoms with van der Waals surface area (Å²) < 4.78 is 1.58. The number of amides is 2. The van der Waals surface area contributed by atoms with Crippen LogP contribution in [0.3, 0.4) is 0 Å². The Labute approximate surface area is 143 Å². The summed E-state index contributed by atoms with van der Waals surface area (Å²) in [6.45, 7) is 0. The molecule has 7 heteroatoms. The molecule has 1 aromatic heterocycles. The number of carbonyl (C=O) groups is 2. The number of hydrogen-bond donors (Lipinski definition) is 2. The molecule has 2 amide bonds. The van der Waals surface area contributed by atoms with Crippen molar-refractivity contribution in [1.82, 2.24) is 14.8 Å². The topological polar surface area (TPSA) is 88.9 Å². The molecule has 0 saturated carbocycles. The Hall–Kier alpha value is -3.48. The van der Waals surface area contributed by atoms with Crippen molar-refractivity contribution in [2.45, 2.75) is 12.3 Å². The molecule has 1 unspecified atom stereocenters. The van der Waals surface area contributed by atoms with E-state index in [4.69, 9.17) is 0 Å². The van der Waals surface area contributed by atoms with Crippen LogP contribution in [-0.2, 0) is 9.59 Å². The normalized spacial score (nSPS) is 16.0. The van der Waals surface area contributed by atoms with Crippen LogP contribution >= 0.6 is 0 Å². The first-order valence-corrected chi connectivity index (χ1v) is 7.86. The van der Waals surface area contributed by atoms with E-state index in [9.17, 15) is 9.59 Å². The second-order valence-corrected chi connectivity index (χ2v) is 5.74. The first kappa shape index (κ1) is 15.1. The number of nitrogens with one attached hydrogen (secondary N) is 2. The molecule has 4 rings (SSSR count). The summed E-state index contributed by atoms with van der Waals surface area (Å²) in [4.78, 5) is 28.7. The number of aromatic nitrogens is 3. The van der Waals surface area contributed by atoms with Crippen molar-refractivity contribution in [3.05, 3.63) is 66.7 Å². The zero-order chi connectivity index (χ0) is 17.2. The van der Waals surface area contributed by atoms with Gasteiger partial charge in [0.2, 0.25) is 11.8 Å². The summed E-state index contributed by atoms with van der Waals surface area (Å²) in [6.07, 6.45) is 3.11. The molecule has 3 aromatic rings. The average molecular weight is 333 g/mol. The first-order chi connectivity index (χ1) is 12.2. The van der Waals surface area contributed by atoms with Gasteiger partial charge in [0.15, 0.2) is 0 Å². The van der Waals surface area contributed by atoms with Crippen LogP contribution in [0.4, 0.5) is 11.4 Å². The van der Waals surface area contributed by atoms with E-state index in [1.54, 1.807) is 23.1 Å². The monoisotopic (exact) mass is 333 g/mol. The molecule has 1 aliphatic heterocycles. The molecule has 0 aliphatic carbocycles. The van der Waals surface area contributed by atoms with Crippen LogP contribution in [-0.4, -0.2) is 26.6 Å². The van der Waals surface area contributed by atoms with Gasteiger partial charge in [0, 0.05) is 12.1 Å². The highest BCUT2D eigenvalue weighted by atomic mass is 16.2. The molecule has 2 aromatic carbocycles. The van der Waals surface area contributed by atoms with Crippen molar-refractivity contribution < 1.29 is 9.59 Å². The van der Waals surface area contributed by atoms with Gasteiger partial charge in [-0.2, -0.15) is 5.10 Å². The molecule has 2 heterocycles. The van der Waals surface area contributed by atoms with E-state index in [1.807, 2.05) is 36.4 Å². The zero-order valence-corrected chi connectivity index (χ0v) is 13.2. The Balaban J connectivity index is 1.65. The number of rotatable bonds is 3. The number of hydrogen-bond acceptors (Lipinski definition) is 4. The van der Waals surface area contributed by atoms with Crippen molar-refractivity contribution >= 4 is 23.2 Å². The van der Waals surface area contributed by atoms with E-state index in [0.29, 0.717) is 17.1 Å². The largest absolute Gasteiger partial charge is 0.326 e. The minimum Gasteiger partial charge on any atom is -0.326 e. The highest BCUT2D eigenvalue weighted by molar-refractivity contribution is 6.05. The van der Waals surface area contributed by atoms with Gasteiger partial charge in [0.05, 0.1) is 17.3 Å². The number of benzene rings is 2. The fraction of sp³-hybridized carbons (Fsp3) is 0.111. The fourth-order valence-corrected chi connectivity index (χ4v) is 2.98. The number of fused-ring (bicyclic) bond motifs is 1. The lowest BCUT2D eigenvalue weighted by atomic mass is 9.89. The zero-order valence-electron chi connectivity index (χ0n) is 13.2. The molecule has 7 nitrogen and oxygen atoms in total. The van der Waals surface area contributed by atoms with Gasteiger partial charge in [-0.05, 0) is 23.8 Å². The minimum atomic E-state index is -0.534. The molecule has 124 valence electrons. The van der Waals surface area contributed by atoms with Crippen LogP contribution < -0.4 is 10.6 Å². The predicted octanol–water partition coefficient (Wildman–Crippen LogP) is 2.33. The highest BCUT2D eigenvalue weighted by Gasteiger charge is 2.30. The second kappa shape index (κ2) is 6.20. The van der Waals surface area contributed by atoms with Gasteiger partial charge in [-0.15, -0.1) is 0 Å². The van der Waals surface area contributed by atoms with Crippen molar-refractivity contribution in [1.29, 1.82) is 0 Å². The van der Waals surface area contributed by atoms with Gasteiger partial charge >= 0.3 is 0 Å². The number of nitrogens with zero attached hydrogens (tertiary/aromatic N) is 3. The maximum Gasteiger partial charge on any atom is 0.232 e. The molecule has 1 atom stereocenters. The molecule has 0 radical (unpaired) electrons. The number of anilines is 2. The van der Waals surface area contributed by atoms with Crippen molar-refractivity contribution in [3.63, 3.8) is 0 Å². The number of carbonyl (C=O) groups excluding carboxylic acids is 2. The summed E-state index contributed by atoms with van der Waals surface area (Å²) in [7, 11) is 0. The molecule has 0 fully saturated rings. The standard InChI is InChI=1S/C18H15N5O2/c24-17-9-13(12-5-1-2-6-14(12)21-17)18(25)22-15-7-3-4-8-16(15)23-11-19-10-20-23/h1-8,10-11,13H,9H2,(H,21,24)(H,22,25). The predicted molar refractivity (Wildman–Crippen MR) is 92.4 cm³/mol. The molecule has 0 bridgehead atoms. The molecular weight excluding hydrogens is 318 g/mol. The molecule has 25 heavy (non-hydrogen) atoms. The van der Waals surface area contributed by atoms with Gasteiger partial charge in [0.1, 0.15) is 12.7 Å². The Morgan fingerprint density at radius 3 is 2.80 bits per heavy atom. The Bertz CT molecular complexity index is 936. The summed E-state index contributed by atoms with van der Waals surface area (Å²) in [6, 6.07) is 14.7. The third kappa shape index (κ3) is 2.87. The van der Waals surface area contributed by atoms with Crippen molar-refractivity contribution in [2.24, 2.45) is 0 Å². The van der Waals surface area contributed by atoms with E-state index >= 15 is 0 Å². The molecular formula is C18H15N5O2. The summed E-state index contributed by atoms with van der Waals surface area (Å²) in [5, 5.41) is 9.83. The van der Waals surface area contributed by atoms with Crippen LogP contribution in [0.2, 0.25) is 0 Å². The maximum absolute atomic E-state index is 12.9. The average Bonchev–Trinajstić information content (AvgIpc) is 3.16. The quantitative estimate of drug-likeness (QED) is 0.770. The maximum atomic E-state index is 12.9. The number of para-hydroxylation sites is 3. The van der Waals surface area contributed by atoms with Gasteiger partial charge in [-0.25, -0.2) is 9.67 Å². The lowest BCUT2D eigenvalue weighted by Crippen LogP contribution is -2.31. The van der Waals surface area contributed by atoms with Crippen LogP contribution in [0, 0.1) is 0 Å². The van der Waals surface area contributed by atoms with Crippen molar-refractivity contribution in [2.75, 3.05) is 10.6 Å². The SMILES string of the molecule is O=C1CC(C(=O)Nc2ccccc2-n2cncn2)c2ccccc2N1. The highest BCUT2D eigenvalue weighted by Crippen LogP contribution is 2.33. The lowest BCUT2D eigenvalue weighted by Gasteiger charge is -2.25. The first-order valence-electron chi connectivity index (χ1n) is 7.86. The molecule has 2 N–H and O–H groups in total. The summed E-state index contributed by atoms with van der Waals surface area (Å²) in [5.74, 6) is -0.924. The van der Waals surface area contributed by atoms with Gasteiger partial charge in [-0.1, -0.05) is 30.3 Å². The minimum absolute atomic E-state index is 0.119. The molecule has 0 spiro atoms. The molecule has 0 saturated heterocycles. The summed E-state index contributed by atoms with van der Waals surface area (Å²) in [5.41, 5.74) is 2.82. The molecule has 1 aliphatic rings. The van der Waals surface area contributed by atoms with Crippen LogP contribution in [0.25, 0.3) is 5.69 Å². The third-order valence-corrected chi connectivity index (χ3v) is 4.14. The Kier molecular flexibility index (Phi) is 3.74. The van der Waals surface area contributed by atoms with E-state index in [-0.39, 0.29) is 18.2 Å². The van der Waals surface area contributed by atoms with Crippen LogP contribution in [0.5, 0.6) is 0 Å².